The van der Waals surface area contributed by atoms with Crippen LogP contribution in [0, 0.1) is 5.82 Å². The fourth-order valence-corrected chi connectivity index (χ4v) is 2.97. The first-order chi connectivity index (χ1) is 8.44. The molecule has 0 aromatic heterocycles. The van der Waals surface area contributed by atoms with E-state index in [1.54, 1.807) is 0 Å². The lowest BCUT2D eigenvalue weighted by molar-refractivity contribution is 0.385. The van der Waals surface area contributed by atoms with E-state index in [0.29, 0.717) is 12.8 Å². The molecule has 6 heteroatoms. The van der Waals surface area contributed by atoms with Crippen molar-refractivity contribution in [1.82, 2.24) is 4.72 Å². The van der Waals surface area contributed by atoms with Crippen LogP contribution in [0.2, 0.25) is 0 Å². The highest BCUT2D eigenvalue weighted by Crippen LogP contribution is 2.20. The lowest BCUT2D eigenvalue weighted by atomic mass is 10.2. The molecule has 0 fully saturated rings. The summed E-state index contributed by atoms with van der Waals surface area (Å²) in [6, 6.07) is 3.45. The number of methoxy groups -OCH3 is 1. The molecule has 0 spiro atoms. The number of sulfonamides is 1. The van der Waals surface area contributed by atoms with Gasteiger partial charge < -0.3 is 4.74 Å². The highest BCUT2D eigenvalue weighted by Gasteiger charge is 2.19. The first-order valence-corrected chi connectivity index (χ1v) is 7.28. The molecule has 18 heavy (non-hydrogen) atoms. The monoisotopic (exact) mass is 275 g/mol. The average Bonchev–Trinajstić information content (AvgIpc) is 2.35. The number of nitrogens with one attached hydrogen (secondary N) is 1. The Morgan fingerprint density at radius 2 is 1.94 bits per heavy atom. The molecule has 1 rings (SSSR count). The Balaban J connectivity index is 3.02. The molecule has 1 aromatic rings. The third kappa shape index (κ3) is 3.43. The van der Waals surface area contributed by atoms with Crippen molar-refractivity contribution in [2.24, 2.45) is 0 Å². The highest BCUT2D eigenvalue weighted by molar-refractivity contribution is 7.89. The van der Waals surface area contributed by atoms with E-state index in [1.807, 2.05) is 13.8 Å². The Morgan fingerprint density at radius 1 is 1.33 bits per heavy atom. The quantitative estimate of drug-likeness (QED) is 0.866. The first-order valence-electron chi connectivity index (χ1n) is 5.80. The molecule has 0 atom stereocenters. The lowest BCUT2D eigenvalue weighted by Gasteiger charge is -2.15. The van der Waals surface area contributed by atoms with Crippen LogP contribution in [-0.2, 0) is 10.0 Å². The Labute approximate surface area is 107 Å². The molecule has 0 saturated carbocycles. The second kappa shape index (κ2) is 6.15. The maximum absolute atomic E-state index is 13.5. The van der Waals surface area contributed by atoms with E-state index >= 15 is 0 Å². The molecule has 0 amide bonds. The predicted molar refractivity (Wildman–Crippen MR) is 67.6 cm³/mol. The van der Waals surface area contributed by atoms with Crippen molar-refractivity contribution >= 4 is 10.0 Å². The van der Waals surface area contributed by atoms with Gasteiger partial charge in [-0.25, -0.2) is 17.5 Å². The van der Waals surface area contributed by atoms with Gasteiger partial charge >= 0.3 is 0 Å². The molecular weight excluding hydrogens is 257 g/mol. The highest BCUT2D eigenvalue weighted by atomic mass is 32.2. The van der Waals surface area contributed by atoms with Crippen molar-refractivity contribution in [3.8, 4) is 5.75 Å². The zero-order chi connectivity index (χ0) is 13.8. The SMILES string of the molecule is CCC(CC)NS(=O)(=O)c1ccc(OC)c(F)c1. The zero-order valence-corrected chi connectivity index (χ0v) is 11.6. The molecule has 4 nitrogen and oxygen atoms in total. The zero-order valence-electron chi connectivity index (χ0n) is 10.7. The molecular formula is C12H18FNO3S. The van der Waals surface area contributed by atoms with Gasteiger partial charge in [0.05, 0.1) is 12.0 Å². The van der Waals surface area contributed by atoms with E-state index in [1.165, 1.54) is 19.2 Å². The van der Waals surface area contributed by atoms with Crippen molar-refractivity contribution in [3.63, 3.8) is 0 Å². The molecule has 0 aliphatic rings. The largest absolute Gasteiger partial charge is 0.494 e. The minimum atomic E-state index is -3.68. The van der Waals surface area contributed by atoms with Gasteiger partial charge in [0.1, 0.15) is 0 Å². The van der Waals surface area contributed by atoms with Crippen molar-refractivity contribution < 1.29 is 17.5 Å². The van der Waals surface area contributed by atoms with Crippen LogP contribution in [0.5, 0.6) is 5.75 Å². The smallest absolute Gasteiger partial charge is 0.240 e. The van der Waals surface area contributed by atoms with E-state index in [-0.39, 0.29) is 16.7 Å². The van der Waals surface area contributed by atoms with Crippen LogP contribution in [0.15, 0.2) is 23.1 Å². The summed E-state index contributed by atoms with van der Waals surface area (Å²) in [6.45, 7) is 3.79. The molecule has 0 bridgehead atoms. The van der Waals surface area contributed by atoms with Gasteiger partial charge in [-0.2, -0.15) is 0 Å². The number of halogens is 1. The number of ether oxygens (including phenoxy) is 1. The van der Waals surface area contributed by atoms with Crippen LogP contribution in [0.1, 0.15) is 26.7 Å². The van der Waals surface area contributed by atoms with Crippen LogP contribution in [0.25, 0.3) is 0 Å². The third-order valence-corrected chi connectivity index (χ3v) is 4.26. The van der Waals surface area contributed by atoms with E-state index in [2.05, 4.69) is 4.72 Å². The second-order valence-corrected chi connectivity index (χ2v) is 5.65. The number of benzene rings is 1. The summed E-state index contributed by atoms with van der Waals surface area (Å²) in [7, 11) is -2.35. The number of hydrogen-bond acceptors (Lipinski definition) is 3. The van der Waals surface area contributed by atoms with Crippen LogP contribution in [0.4, 0.5) is 4.39 Å². The van der Waals surface area contributed by atoms with E-state index in [9.17, 15) is 12.8 Å². The molecule has 0 radical (unpaired) electrons. The van der Waals surface area contributed by atoms with Crippen LogP contribution in [0.3, 0.4) is 0 Å². The van der Waals surface area contributed by atoms with Gasteiger partial charge in [0, 0.05) is 6.04 Å². The molecule has 0 aliphatic carbocycles. The second-order valence-electron chi connectivity index (χ2n) is 3.93. The topological polar surface area (TPSA) is 55.4 Å². The van der Waals surface area contributed by atoms with Gasteiger partial charge in [0.15, 0.2) is 11.6 Å². The number of hydrogen-bond donors (Lipinski definition) is 1. The Hall–Kier alpha value is -1.14. The summed E-state index contributed by atoms with van der Waals surface area (Å²) >= 11 is 0. The molecule has 1 aromatic carbocycles. The van der Waals surface area contributed by atoms with Crippen molar-refractivity contribution in [1.29, 1.82) is 0 Å². The van der Waals surface area contributed by atoms with Crippen LogP contribution < -0.4 is 9.46 Å². The molecule has 0 unspecified atom stereocenters. The maximum atomic E-state index is 13.5. The Kier molecular flexibility index (Phi) is 5.10. The average molecular weight is 275 g/mol. The van der Waals surface area contributed by atoms with E-state index in [4.69, 9.17) is 4.74 Å². The molecule has 0 heterocycles. The summed E-state index contributed by atoms with van der Waals surface area (Å²) in [5.41, 5.74) is 0. The van der Waals surface area contributed by atoms with Gasteiger partial charge in [-0.05, 0) is 31.0 Å². The maximum Gasteiger partial charge on any atom is 0.240 e. The molecule has 1 N–H and O–H groups in total. The number of rotatable bonds is 6. The van der Waals surface area contributed by atoms with Crippen molar-refractivity contribution in [2.75, 3.05) is 7.11 Å². The lowest BCUT2D eigenvalue weighted by Crippen LogP contribution is -2.33. The summed E-state index contributed by atoms with van der Waals surface area (Å²) in [6.07, 6.45) is 1.38. The van der Waals surface area contributed by atoms with Crippen LogP contribution >= 0.6 is 0 Å². The summed E-state index contributed by atoms with van der Waals surface area (Å²) in [5.74, 6) is -0.665. The van der Waals surface area contributed by atoms with Gasteiger partial charge in [0.25, 0.3) is 0 Å². The fraction of sp³-hybridized carbons (Fsp3) is 0.500. The van der Waals surface area contributed by atoms with E-state index < -0.39 is 15.8 Å². The first kappa shape index (κ1) is 14.9. The predicted octanol–water partition coefficient (Wildman–Crippen LogP) is 2.30. The van der Waals surface area contributed by atoms with Crippen molar-refractivity contribution in [3.05, 3.63) is 24.0 Å². The minimum Gasteiger partial charge on any atom is -0.494 e. The van der Waals surface area contributed by atoms with Gasteiger partial charge in [-0.15, -0.1) is 0 Å². The standard InChI is InChI=1S/C12H18FNO3S/c1-4-9(5-2)14-18(15,16)10-6-7-12(17-3)11(13)8-10/h6-9,14H,4-5H2,1-3H3. The summed E-state index contributed by atoms with van der Waals surface area (Å²) in [5, 5.41) is 0. The Morgan fingerprint density at radius 3 is 2.39 bits per heavy atom. The van der Waals surface area contributed by atoms with E-state index in [0.717, 1.165) is 6.07 Å². The fourth-order valence-electron chi connectivity index (χ4n) is 1.56. The normalized spacial score (nSPS) is 11.8. The van der Waals surface area contributed by atoms with Gasteiger partial charge in [0.2, 0.25) is 10.0 Å². The molecule has 102 valence electrons. The summed E-state index contributed by atoms with van der Waals surface area (Å²) < 4.78 is 44.7. The Bertz CT molecular complexity index is 498. The third-order valence-electron chi connectivity index (χ3n) is 2.74. The molecule has 0 aliphatic heterocycles. The summed E-state index contributed by atoms with van der Waals surface area (Å²) in [4.78, 5) is -0.0901. The van der Waals surface area contributed by atoms with Gasteiger partial charge in [-0.3, -0.25) is 0 Å². The minimum absolute atomic E-state index is 0.0245. The van der Waals surface area contributed by atoms with Crippen molar-refractivity contribution in [2.45, 2.75) is 37.6 Å². The van der Waals surface area contributed by atoms with Gasteiger partial charge in [-0.1, -0.05) is 13.8 Å². The van der Waals surface area contributed by atoms with Crippen LogP contribution in [-0.4, -0.2) is 21.6 Å². The molecule has 0 saturated heterocycles.